The topological polar surface area (TPSA) is 38.3 Å². The summed E-state index contributed by atoms with van der Waals surface area (Å²) >= 11 is 6.18. The van der Waals surface area contributed by atoms with Gasteiger partial charge in [-0.3, -0.25) is 4.79 Å². The van der Waals surface area contributed by atoms with E-state index in [1.54, 1.807) is 0 Å². The Bertz CT molecular complexity index is 1050. The largest absolute Gasteiger partial charge is 0.487 e. The van der Waals surface area contributed by atoms with Crippen LogP contribution >= 0.6 is 11.6 Å². The normalized spacial score (nSPS) is 19.5. The molecule has 1 fully saturated rings. The van der Waals surface area contributed by atoms with Crippen molar-refractivity contribution in [2.75, 3.05) is 0 Å². The summed E-state index contributed by atoms with van der Waals surface area (Å²) in [4.78, 5) is 12.9. The number of halogens is 1. The van der Waals surface area contributed by atoms with E-state index in [2.05, 4.69) is 23.5 Å². The number of hydrogen-bond donors (Lipinski definition) is 1. The van der Waals surface area contributed by atoms with Gasteiger partial charge in [0.1, 0.15) is 11.4 Å². The molecule has 1 N–H and O–H groups in total. The maximum atomic E-state index is 12.9. The summed E-state index contributed by atoms with van der Waals surface area (Å²) in [7, 11) is 0. The number of carbonyl (C=O) groups is 1. The van der Waals surface area contributed by atoms with E-state index in [-0.39, 0.29) is 17.6 Å². The molecule has 1 aliphatic carbocycles. The lowest BCUT2D eigenvalue weighted by molar-refractivity contribution is -0.122. The Hall–Kier alpha value is -2.52. The van der Waals surface area contributed by atoms with Crippen molar-refractivity contribution in [3.63, 3.8) is 0 Å². The van der Waals surface area contributed by atoms with Crippen LogP contribution in [0.2, 0.25) is 5.02 Å². The number of nitrogens with one attached hydrogen (secondary N) is 1. The van der Waals surface area contributed by atoms with Gasteiger partial charge >= 0.3 is 0 Å². The highest BCUT2D eigenvalue weighted by Crippen LogP contribution is 2.49. The zero-order valence-electron chi connectivity index (χ0n) is 15.6. The van der Waals surface area contributed by atoms with Gasteiger partial charge < -0.3 is 10.1 Å². The molecule has 0 bridgehead atoms. The summed E-state index contributed by atoms with van der Waals surface area (Å²) in [6.07, 6.45) is 4.44. The number of ether oxygens (including phenoxy) is 1. The summed E-state index contributed by atoms with van der Waals surface area (Å²) in [5.41, 5.74) is 1.93. The molecule has 0 saturated heterocycles. The average molecular weight is 392 g/mol. The fourth-order valence-corrected chi connectivity index (χ4v) is 4.67. The zero-order valence-corrected chi connectivity index (χ0v) is 16.3. The Morgan fingerprint density at radius 2 is 1.93 bits per heavy atom. The van der Waals surface area contributed by atoms with Crippen molar-refractivity contribution in [2.24, 2.45) is 0 Å². The van der Waals surface area contributed by atoms with E-state index in [0.29, 0.717) is 11.4 Å². The van der Waals surface area contributed by atoms with Crippen molar-refractivity contribution < 1.29 is 9.53 Å². The van der Waals surface area contributed by atoms with E-state index in [9.17, 15) is 4.79 Å². The molecule has 28 heavy (non-hydrogen) atoms. The minimum atomic E-state index is -0.144. The number of amides is 1. The molecular weight excluding hydrogens is 370 g/mol. The molecule has 2 aliphatic rings. The van der Waals surface area contributed by atoms with E-state index < -0.39 is 0 Å². The van der Waals surface area contributed by atoms with Gasteiger partial charge in [0.05, 0.1) is 12.5 Å². The van der Waals surface area contributed by atoms with Crippen molar-refractivity contribution in [2.45, 2.75) is 43.7 Å². The van der Waals surface area contributed by atoms with E-state index >= 15 is 0 Å². The highest BCUT2D eigenvalue weighted by Gasteiger charge is 2.45. The quantitative estimate of drug-likeness (QED) is 0.631. The second-order valence-electron chi connectivity index (χ2n) is 7.96. The molecule has 0 aromatic heterocycles. The summed E-state index contributed by atoms with van der Waals surface area (Å²) in [6, 6.07) is 20.0. The minimum absolute atomic E-state index is 0.0382. The number of benzene rings is 3. The Labute approximate surface area is 169 Å². The molecule has 1 saturated carbocycles. The van der Waals surface area contributed by atoms with Crippen molar-refractivity contribution in [1.82, 2.24) is 5.32 Å². The van der Waals surface area contributed by atoms with Gasteiger partial charge in [-0.25, -0.2) is 0 Å². The first-order valence-corrected chi connectivity index (χ1v) is 10.2. The predicted octanol–water partition coefficient (Wildman–Crippen LogP) is 5.60. The van der Waals surface area contributed by atoms with Crippen LogP contribution in [-0.4, -0.2) is 11.5 Å². The molecule has 1 aliphatic heterocycles. The maximum Gasteiger partial charge on any atom is 0.224 e. The molecule has 1 heterocycles. The molecule has 3 nitrogen and oxygen atoms in total. The van der Waals surface area contributed by atoms with Crippen LogP contribution in [-0.2, 0) is 11.2 Å². The van der Waals surface area contributed by atoms with Crippen LogP contribution in [0.25, 0.3) is 10.8 Å². The Morgan fingerprint density at radius 1 is 1.11 bits per heavy atom. The molecule has 0 radical (unpaired) electrons. The van der Waals surface area contributed by atoms with Crippen LogP contribution < -0.4 is 10.1 Å². The van der Waals surface area contributed by atoms with E-state index in [1.807, 2.05) is 42.5 Å². The van der Waals surface area contributed by atoms with Gasteiger partial charge in [-0.1, -0.05) is 60.1 Å². The number of hydrogen-bond acceptors (Lipinski definition) is 2. The lowest BCUT2D eigenvalue weighted by Crippen LogP contribution is -2.49. The van der Waals surface area contributed by atoms with Gasteiger partial charge in [-0.2, -0.15) is 0 Å². The summed E-state index contributed by atoms with van der Waals surface area (Å²) in [6.45, 7) is 0. The second kappa shape index (κ2) is 6.82. The third-order valence-electron chi connectivity index (χ3n) is 6.08. The fraction of sp³-hybridized carbons (Fsp3) is 0.292. The van der Waals surface area contributed by atoms with Gasteiger partial charge in [0.15, 0.2) is 0 Å². The molecule has 3 aromatic rings. The third kappa shape index (κ3) is 3.14. The summed E-state index contributed by atoms with van der Waals surface area (Å²) in [5.74, 6) is 0.854. The first-order chi connectivity index (χ1) is 13.6. The monoisotopic (exact) mass is 391 g/mol. The minimum Gasteiger partial charge on any atom is -0.487 e. The zero-order chi connectivity index (χ0) is 19.1. The van der Waals surface area contributed by atoms with E-state index in [1.165, 1.54) is 6.42 Å². The first kappa shape index (κ1) is 17.6. The van der Waals surface area contributed by atoms with Gasteiger partial charge in [-0.15, -0.1) is 0 Å². The molecule has 1 spiro atoms. The van der Waals surface area contributed by atoms with E-state index in [0.717, 1.165) is 46.9 Å². The number of fused-ring (bicyclic) bond motifs is 2. The Balaban J connectivity index is 1.40. The fourth-order valence-electron chi connectivity index (χ4n) is 4.51. The van der Waals surface area contributed by atoms with Crippen molar-refractivity contribution >= 4 is 28.3 Å². The Morgan fingerprint density at radius 3 is 2.75 bits per heavy atom. The van der Waals surface area contributed by atoms with Crippen LogP contribution in [0.1, 0.15) is 42.9 Å². The molecule has 1 unspecified atom stereocenters. The lowest BCUT2D eigenvalue weighted by Gasteiger charge is -2.48. The van der Waals surface area contributed by atoms with Crippen molar-refractivity contribution in [3.05, 3.63) is 76.8 Å². The highest BCUT2D eigenvalue weighted by molar-refractivity contribution is 6.30. The van der Waals surface area contributed by atoms with Crippen LogP contribution in [0.15, 0.2) is 60.7 Å². The summed E-state index contributed by atoms with van der Waals surface area (Å²) in [5, 5.41) is 6.23. The van der Waals surface area contributed by atoms with Crippen LogP contribution in [0.4, 0.5) is 0 Å². The van der Waals surface area contributed by atoms with Gasteiger partial charge in [0.25, 0.3) is 0 Å². The van der Waals surface area contributed by atoms with Crippen LogP contribution in [0, 0.1) is 0 Å². The van der Waals surface area contributed by atoms with Crippen molar-refractivity contribution in [1.29, 1.82) is 0 Å². The summed E-state index contributed by atoms with van der Waals surface area (Å²) < 4.78 is 6.29. The highest BCUT2D eigenvalue weighted by atomic mass is 35.5. The van der Waals surface area contributed by atoms with Gasteiger partial charge in [0.2, 0.25) is 5.91 Å². The Kier molecular flexibility index (Phi) is 4.28. The second-order valence-corrected chi connectivity index (χ2v) is 8.40. The molecular formula is C24H22ClNO2. The van der Waals surface area contributed by atoms with Gasteiger partial charge in [0, 0.05) is 17.0 Å². The molecule has 3 aromatic carbocycles. The molecule has 1 atom stereocenters. The molecule has 1 amide bonds. The predicted molar refractivity (Wildman–Crippen MR) is 112 cm³/mol. The third-order valence-corrected chi connectivity index (χ3v) is 6.32. The van der Waals surface area contributed by atoms with E-state index in [4.69, 9.17) is 16.3 Å². The molecule has 4 heteroatoms. The number of carbonyl (C=O) groups excluding carboxylic acids is 1. The van der Waals surface area contributed by atoms with Gasteiger partial charge in [-0.05, 0) is 47.7 Å². The standard InChI is InChI=1S/C24H22ClNO2/c25-18-9-10-20-21(15-24(11-4-12-24)28-22(20)14-18)26-23(27)13-17-7-3-6-16-5-1-2-8-19(16)17/h1-3,5-10,14,21H,4,11-13,15H2,(H,26,27). The SMILES string of the molecule is O=C(Cc1cccc2ccccc12)NC1CC2(CCC2)Oc2cc(Cl)ccc21. The number of rotatable bonds is 3. The first-order valence-electron chi connectivity index (χ1n) is 9.86. The smallest absolute Gasteiger partial charge is 0.224 e. The maximum absolute atomic E-state index is 12.9. The molecule has 142 valence electrons. The van der Waals surface area contributed by atoms with Crippen LogP contribution in [0.5, 0.6) is 5.75 Å². The average Bonchev–Trinajstić information content (AvgIpc) is 2.66. The molecule has 5 rings (SSSR count). The lowest BCUT2D eigenvalue weighted by atomic mass is 9.73. The van der Waals surface area contributed by atoms with Crippen molar-refractivity contribution in [3.8, 4) is 5.75 Å². The van der Waals surface area contributed by atoms with Crippen LogP contribution in [0.3, 0.4) is 0 Å².